The number of carboxylic acids is 2. The van der Waals surface area contributed by atoms with Crippen LogP contribution in [-0.2, 0) is 114 Å². The molecule has 6 aliphatic heterocycles. The average Bonchev–Trinajstić information content (AvgIpc) is 1.52. The minimum Gasteiger partial charge on any atom is -0.481 e. The highest BCUT2D eigenvalue weighted by Gasteiger charge is 2.71. The average molecular weight is 1750 g/mol. The lowest BCUT2D eigenvalue weighted by atomic mass is 9.65. The largest absolute Gasteiger partial charge is 0.481 e. The summed E-state index contributed by atoms with van der Waals surface area (Å²) in [6, 6.07) is 0. The van der Waals surface area contributed by atoms with E-state index in [-0.39, 0.29) is 132 Å². The fourth-order valence-corrected chi connectivity index (χ4v) is 24.0. The summed E-state index contributed by atoms with van der Waals surface area (Å²) in [5.74, 6) is 3.55. The molecule has 16 aliphatic rings. The number of hydrogen-bond donors (Lipinski definition) is 2. The summed E-state index contributed by atoms with van der Waals surface area (Å²) >= 11 is 0. The first-order chi connectivity index (χ1) is 58.3. The van der Waals surface area contributed by atoms with Gasteiger partial charge in [0.25, 0.3) is 0 Å². The van der Waals surface area contributed by atoms with E-state index in [9.17, 15) is 57.5 Å². The number of hydrogen-bond acceptors (Lipinski definition) is 24. The standard InChI is InChI=1S/2C20H32O2.2C16H26O6.2C13H18O5/c2*1-5-19(3,4)18(21)22-20(6-2)11-14-10-15(20)17-13-8-7-12(9-13)16(14)17;2*1-4-16(2,3)15(20)22-10-9-21-14(19)12-8-6-5-7-11(12)13(17)18;2*1-4-13(2,3)12(15)18-9-7-5-6-8(16-7)10(9)17-11(6)14/h2*12-17H,5-11H2,1-4H3;2*11-12H,4-10H2,1-3H3,(H,17,18);2*6-10H,4-5H2,1-3H3. The summed E-state index contributed by atoms with van der Waals surface area (Å²) in [5, 5.41) is 18.3. The summed E-state index contributed by atoms with van der Waals surface area (Å²) in [6.07, 6.45) is 24.6. The van der Waals surface area contributed by atoms with Gasteiger partial charge in [-0.2, -0.15) is 0 Å². The van der Waals surface area contributed by atoms with Gasteiger partial charge in [0.15, 0.2) is 24.4 Å². The fraction of sp³-hybridized carbons (Fsp3) is 0.878. The predicted octanol–water partition coefficient (Wildman–Crippen LogP) is 16.5. The minimum atomic E-state index is -0.947. The van der Waals surface area contributed by atoms with E-state index in [1.165, 1.54) is 51.4 Å². The highest BCUT2D eigenvalue weighted by molar-refractivity contribution is 5.84. The van der Waals surface area contributed by atoms with Crippen molar-refractivity contribution in [3.63, 3.8) is 0 Å². The van der Waals surface area contributed by atoms with Crippen molar-refractivity contribution in [1.29, 1.82) is 0 Å². The molecule has 700 valence electrons. The van der Waals surface area contributed by atoms with E-state index in [0.29, 0.717) is 76.0 Å². The van der Waals surface area contributed by atoms with Gasteiger partial charge >= 0.3 is 71.6 Å². The van der Waals surface area contributed by atoms with Gasteiger partial charge in [-0.25, -0.2) is 0 Å². The number of aliphatic carboxylic acids is 2. The molecule has 0 amide bonds. The summed E-state index contributed by atoms with van der Waals surface area (Å²) < 4.78 is 65.9. The Hall–Kier alpha value is -6.44. The van der Waals surface area contributed by atoms with Crippen molar-refractivity contribution in [1.82, 2.24) is 0 Å². The molecule has 0 spiro atoms. The van der Waals surface area contributed by atoms with E-state index < -0.39 is 93.6 Å². The number of carbonyl (C=O) groups is 12. The molecule has 28 unspecified atom stereocenters. The van der Waals surface area contributed by atoms with Crippen molar-refractivity contribution in [2.75, 3.05) is 26.4 Å². The first kappa shape index (κ1) is 98.2. The van der Waals surface area contributed by atoms with Gasteiger partial charge in [0.2, 0.25) is 0 Å². The maximum absolute atomic E-state index is 12.7. The number of fused-ring (bicyclic) bond motifs is 20. The Bertz CT molecular complexity index is 3610. The van der Waals surface area contributed by atoms with Gasteiger partial charge in [0.1, 0.15) is 49.8 Å². The molecule has 10 saturated carbocycles. The van der Waals surface area contributed by atoms with Crippen LogP contribution in [0.15, 0.2) is 0 Å². The molecular weight excluding hydrogens is 1590 g/mol. The smallest absolute Gasteiger partial charge is 0.312 e. The third-order valence-corrected chi connectivity index (χ3v) is 34.1. The van der Waals surface area contributed by atoms with Crippen LogP contribution in [0.25, 0.3) is 0 Å². The van der Waals surface area contributed by atoms with Crippen molar-refractivity contribution in [3.05, 3.63) is 0 Å². The van der Waals surface area contributed by atoms with Crippen LogP contribution in [0.4, 0.5) is 0 Å². The lowest BCUT2D eigenvalue weighted by molar-refractivity contribution is -0.184. The Kier molecular flexibility index (Phi) is 30.9. The van der Waals surface area contributed by atoms with Crippen LogP contribution in [-0.4, -0.2) is 168 Å². The van der Waals surface area contributed by atoms with E-state index >= 15 is 0 Å². The van der Waals surface area contributed by atoms with E-state index in [1.807, 2.05) is 83.1 Å². The van der Waals surface area contributed by atoms with Crippen molar-refractivity contribution in [2.24, 2.45) is 139 Å². The van der Waals surface area contributed by atoms with Crippen molar-refractivity contribution >= 4 is 71.6 Å². The Balaban J connectivity index is 0.000000145. The van der Waals surface area contributed by atoms with Gasteiger partial charge in [-0.3, -0.25) is 57.5 Å². The molecule has 0 aromatic carbocycles. The van der Waals surface area contributed by atoms with Crippen LogP contribution < -0.4 is 0 Å². The Morgan fingerprint density at radius 1 is 0.347 bits per heavy atom. The van der Waals surface area contributed by atoms with Crippen LogP contribution in [0.5, 0.6) is 0 Å². The van der Waals surface area contributed by atoms with E-state index in [1.54, 1.807) is 27.7 Å². The Labute approximate surface area is 736 Å². The van der Waals surface area contributed by atoms with Crippen molar-refractivity contribution in [3.8, 4) is 0 Å². The molecule has 26 nitrogen and oxygen atoms in total. The molecular formula is C98H152O26. The predicted molar refractivity (Wildman–Crippen MR) is 454 cm³/mol. The van der Waals surface area contributed by atoms with Gasteiger partial charge in [-0.05, 0) is 296 Å². The van der Waals surface area contributed by atoms with Crippen LogP contribution in [0.2, 0.25) is 0 Å². The SMILES string of the molecule is CCC(C)(C)C(=O)OC1(CC)CC2CC1C1C3CCC(C3)C21.CCC(C)(C)C(=O)OC1(CC)CC2CC1C1C3CCC(C3)C21.CCC(C)(C)C(=O)OC1C2CC3C(=O)OC1C3O2.CCC(C)(C)C(=O)OC1C2CC3C(=O)OC1C3O2.CCC(C)(C)C(=O)OCCOC(=O)C1CCCCC1C(=O)O.CCC(C)(C)C(=O)OCCOC(=O)C1CCCCC1C(=O)O. The zero-order valence-electron chi connectivity index (χ0n) is 78.3. The van der Waals surface area contributed by atoms with Gasteiger partial charge in [0, 0.05) is 11.8 Å². The van der Waals surface area contributed by atoms with Crippen LogP contribution in [0.1, 0.15) is 318 Å². The highest BCUT2D eigenvalue weighted by atomic mass is 16.7. The lowest BCUT2D eigenvalue weighted by Crippen LogP contribution is -2.49. The molecule has 10 aliphatic carbocycles. The topological polar surface area (TPSA) is 356 Å². The van der Waals surface area contributed by atoms with Crippen LogP contribution >= 0.6 is 0 Å². The summed E-state index contributed by atoms with van der Waals surface area (Å²) in [7, 11) is 0. The summed E-state index contributed by atoms with van der Waals surface area (Å²) in [6.45, 7) is 39.0. The number of ether oxygens (including phenoxy) is 12. The van der Waals surface area contributed by atoms with Gasteiger partial charge in [-0.1, -0.05) is 81.1 Å². The second-order valence-electron chi connectivity index (χ2n) is 43.4. The molecule has 124 heavy (non-hydrogen) atoms. The van der Waals surface area contributed by atoms with Crippen molar-refractivity contribution < 1.29 is 125 Å². The van der Waals surface area contributed by atoms with E-state index in [2.05, 4.69) is 27.7 Å². The lowest BCUT2D eigenvalue weighted by Gasteiger charge is -2.46. The quantitative estimate of drug-likeness (QED) is 0.0318. The van der Waals surface area contributed by atoms with E-state index in [4.69, 9.17) is 67.1 Å². The second-order valence-corrected chi connectivity index (χ2v) is 43.4. The first-order valence-corrected chi connectivity index (χ1v) is 48.0. The summed E-state index contributed by atoms with van der Waals surface area (Å²) in [5.41, 5.74) is -3.05. The molecule has 6 saturated heterocycles. The zero-order valence-corrected chi connectivity index (χ0v) is 78.3. The molecule has 16 fully saturated rings. The number of carboxylic acid groups (broad SMARTS) is 2. The Morgan fingerprint density at radius 2 is 0.637 bits per heavy atom. The van der Waals surface area contributed by atoms with Crippen LogP contribution in [0, 0.1) is 139 Å². The third kappa shape index (κ3) is 20.0. The molecule has 12 bridgehead atoms. The number of esters is 10. The fourth-order valence-electron chi connectivity index (χ4n) is 24.0. The highest BCUT2D eigenvalue weighted by Crippen LogP contribution is 2.73. The number of rotatable bonds is 28. The number of carbonyl (C=O) groups excluding carboxylic acids is 10. The van der Waals surface area contributed by atoms with Gasteiger partial charge in [-0.15, -0.1) is 0 Å². The molecule has 26 heteroatoms. The first-order valence-electron chi connectivity index (χ1n) is 48.0. The van der Waals surface area contributed by atoms with Crippen molar-refractivity contribution in [2.45, 2.75) is 378 Å². The van der Waals surface area contributed by atoms with E-state index in [0.717, 1.165) is 123 Å². The monoisotopic (exact) mass is 1750 g/mol. The second kappa shape index (κ2) is 39.1. The molecule has 0 aromatic rings. The third-order valence-electron chi connectivity index (χ3n) is 34.1. The minimum absolute atomic E-state index is 0.00153. The molecule has 0 aromatic heterocycles. The van der Waals surface area contributed by atoms with Gasteiger partial charge in [0.05, 0.1) is 80.2 Å². The van der Waals surface area contributed by atoms with Crippen LogP contribution in [0.3, 0.4) is 0 Å². The molecule has 16 rings (SSSR count). The normalized spacial score (nSPS) is 37.0. The maximum Gasteiger partial charge on any atom is 0.312 e. The molecule has 28 atom stereocenters. The molecule has 2 N–H and O–H groups in total. The maximum atomic E-state index is 12.7. The Morgan fingerprint density at radius 3 is 0.944 bits per heavy atom. The molecule has 6 heterocycles. The zero-order chi connectivity index (χ0) is 91.1. The summed E-state index contributed by atoms with van der Waals surface area (Å²) in [4.78, 5) is 142. The van der Waals surface area contributed by atoms with Gasteiger partial charge < -0.3 is 67.1 Å². The molecule has 0 radical (unpaired) electrons.